The molecule has 4 aromatic rings. The van der Waals surface area contributed by atoms with Gasteiger partial charge >= 0.3 is 0 Å². The van der Waals surface area contributed by atoms with Crippen LogP contribution in [0.2, 0.25) is 0 Å². The third kappa shape index (κ3) is 5.30. The van der Waals surface area contributed by atoms with E-state index in [1.807, 2.05) is 91.0 Å². The van der Waals surface area contributed by atoms with E-state index in [0.717, 1.165) is 16.7 Å². The second-order valence-electron chi connectivity index (χ2n) is 8.50. The molecule has 4 aromatic carbocycles. The Kier molecular flexibility index (Phi) is 7.36. The van der Waals surface area contributed by atoms with E-state index in [0.29, 0.717) is 5.56 Å². The van der Waals surface area contributed by atoms with E-state index in [9.17, 15) is 14.0 Å². The van der Waals surface area contributed by atoms with E-state index in [1.54, 1.807) is 18.2 Å². The van der Waals surface area contributed by atoms with Gasteiger partial charge in [0.05, 0.1) is 5.41 Å². The number of nitrogens with one attached hydrogen (secondary N) is 1. The third-order valence-electron chi connectivity index (χ3n) is 6.29. The fourth-order valence-corrected chi connectivity index (χ4v) is 4.57. The van der Waals surface area contributed by atoms with Gasteiger partial charge < -0.3 is 11.1 Å². The average Bonchev–Trinajstić information content (AvgIpc) is 2.89. The number of hydrogen-bond acceptors (Lipinski definition) is 2. The maximum absolute atomic E-state index is 14.2. The lowest BCUT2D eigenvalue weighted by atomic mass is 9.67. The summed E-state index contributed by atoms with van der Waals surface area (Å²) in [5.74, 6) is -1.52. The highest BCUT2D eigenvalue weighted by Gasteiger charge is 2.39. The Balaban J connectivity index is 1.74. The topological polar surface area (TPSA) is 72.2 Å². The summed E-state index contributed by atoms with van der Waals surface area (Å²) in [7, 11) is 0. The van der Waals surface area contributed by atoms with Gasteiger partial charge in [-0.05, 0) is 28.3 Å². The molecule has 2 amide bonds. The molecule has 3 N–H and O–H groups in total. The maximum Gasteiger partial charge on any atom is 0.240 e. The molecular formula is C30H27FN2O2. The number of nitrogens with two attached hydrogens (primary N) is 1. The molecule has 0 aliphatic heterocycles. The summed E-state index contributed by atoms with van der Waals surface area (Å²) < 4.78 is 14.2. The Morgan fingerprint density at radius 1 is 0.714 bits per heavy atom. The van der Waals surface area contributed by atoms with Gasteiger partial charge in [0.25, 0.3) is 0 Å². The molecule has 0 radical (unpaired) electrons. The van der Waals surface area contributed by atoms with Crippen LogP contribution in [0.25, 0.3) is 0 Å². The zero-order chi connectivity index (χ0) is 24.7. The molecule has 35 heavy (non-hydrogen) atoms. The van der Waals surface area contributed by atoms with Gasteiger partial charge in [-0.25, -0.2) is 4.39 Å². The van der Waals surface area contributed by atoms with Gasteiger partial charge in [-0.15, -0.1) is 0 Å². The lowest BCUT2D eigenvalue weighted by Crippen LogP contribution is -2.48. The summed E-state index contributed by atoms with van der Waals surface area (Å²) in [4.78, 5) is 25.8. The van der Waals surface area contributed by atoms with Crippen molar-refractivity contribution in [1.82, 2.24) is 5.32 Å². The number of rotatable bonds is 9. The van der Waals surface area contributed by atoms with Crippen molar-refractivity contribution in [2.45, 2.75) is 24.3 Å². The molecule has 0 fully saturated rings. The van der Waals surface area contributed by atoms with Crippen LogP contribution in [0, 0.1) is 5.82 Å². The Bertz CT molecular complexity index is 1180. The van der Waals surface area contributed by atoms with Crippen molar-refractivity contribution in [1.29, 1.82) is 0 Å². The monoisotopic (exact) mass is 466 g/mol. The fraction of sp³-hybridized carbons (Fsp3) is 0.133. The van der Waals surface area contributed by atoms with Crippen molar-refractivity contribution >= 4 is 11.8 Å². The molecule has 0 spiro atoms. The third-order valence-corrected chi connectivity index (χ3v) is 6.29. The SMILES string of the molecule is NC(=O)[C@@H](Cc1ccccc1F)NC(=O)CC(c1ccccc1)(c1ccccc1)c1ccccc1. The van der Waals surface area contributed by atoms with Crippen molar-refractivity contribution < 1.29 is 14.0 Å². The fourth-order valence-electron chi connectivity index (χ4n) is 4.57. The summed E-state index contributed by atoms with van der Waals surface area (Å²) in [6.45, 7) is 0. The summed E-state index contributed by atoms with van der Waals surface area (Å²) in [5.41, 5.74) is 7.93. The van der Waals surface area contributed by atoms with Gasteiger partial charge in [0.15, 0.2) is 0 Å². The molecule has 0 aromatic heterocycles. The minimum atomic E-state index is -1.04. The van der Waals surface area contributed by atoms with Crippen molar-refractivity contribution in [3.8, 4) is 0 Å². The molecule has 176 valence electrons. The number of benzene rings is 4. The number of carbonyl (C=O) groups excluding carboxylic acids is 2. The van der Waals surface area contributed by atoms with E-state index >= 15 is 0 Å². The van der Waals surface area contributed by atoms with Crippen molar-refractivity contribution in [3.05, 3.63) is 143 Å². The number of halogens is 1. The quantitative estimate of drug-likeness (QED) is 0.349. The second kappa shape index (κ2) is 10.8. The highest BCUT2D eigenvalue weighted by Crippen LogP contribution is 2.42. The molecule has 0 unspecified atom stereocenters. The maximum atomic E-state index is 14.2. The van der Waals surface area contributed by atoms with Crippen LogP contribution < -0.4 is 11.1 Å². The van der Waals surface area contributed by atoms with Crippen molar-refractivity contribution in [3.63, 3.8) is 0 Å². The lowest BCUT2D eigenvalue weighted by Gasteiger charge is -2.36. The molecule has 0 aliphatic carbocycles. The number of carbonyl (C=O) groups is 2. The summed E-state index contributed by atoms with van der Waals surface area (Å²) in [5, 5.41) is 2.78. The van der Waals surface area contributed by atoms with Crippen LogP contribution in [0.5, 0.6) is 0 Å². The molecule has 4 nitrogen and oxygen atoms in total. The van der Waals surface area contributed by atoms with E-state index < -0.39 is 23.2 Å². The van der Waals surface area contributed by atoms with Crippen LogP contribution >= 0.6 is 0 Å². The van der Waals surface area contributed by atoms with Crippen LogP contribution in [0.4, 0.5) is 4.39 Å². The van der Waals surface area contributed by atoms with Gasteiger partial charge in [-0.2, -0.15) is 0 Å². The first kappa shape index (κ1) is 23.9. The van der Waals surface area contributed by atoms with Crippen LogP contribution in [0.3, 0.4) is 0 Å². The normalized spacial score (nSPS) is 12.0. The minimum absolute atomic E-state index is 0.0250. The van der Waals surface area contributed by atoms with E-state index in [4.69, 9.17) is 5.73 Å². The predicted octanol–water partition coefficient (Wildman–Crippen LogP) is 4.76. The molecule has 1 atom stereocenters. The summed E-state index contributed by atoms with van der Waals surface area (Å²) >= 11 is 0. The largest absolute Gasteiger partial charge is 0.368 e. The Morgan fingerprint density at radius 2 is 1.14 bits per heavy atom. The van der Waals surface area contributed by atoms with E-state index in [-0.39, 0.29) is 18.7 Å². The average molecular weight is 467 g/mol. The Labute approximate surface area is 204 Å². The minimum Gasteiger partial charge on any atom is -0.368 e. The standard InChI is InChI=1S/C30H27FN2O2/c31-26-19-11-10-12-22(26)20-27(29(32)35)33-28(34)21-30(23-13-4-1-5-14-23,24-15-6-2-7-16-24)25-17-8-3-9-18-25/h1-19,27H,20-21H2,(H2,32,35)(H,33,34)/t27-/m1/s1. The highest BCUT2D eigenvalue weighted by molar-refractivity contribution is 5.88. The van der Waals surface area contributed by atoms with Crippen molar-refractivity contribution in [2.24, 2.45) is 5.73 Å². The summed E-state index contributed by atoms with van der Waals surface area (Å²) in [6.07, 6.45) is 0.00878. The molecule has 5 heteroatoms. The van der Waals surface area contributed by atoms with Crippen LogP contribution in [-0.4, -0.2) is 17.9 Å². The zero-order valence-corrected chi connectivity index (χ0v) is 19.2. The first-order valence-electron chi connectivity index (χ1n) is 11.5. The van der Waals surface area contributed by atoms with Crippen LogP contribution in [0.1, 0.15) is 28.7 Å². The van der Waals surface area contributed by atoms with E-state index in [2.05, 4.69) is 5.32 Å². The molecular weight excluding hydrogens is 439 g/mol. The van der Waals surface area contributed by atoms with E-state index in [1.165, 1.54) is 6.07 Å². The number of amides is 2. The van der Waals surface area contributed by atoms with Crippen LogP contribution in [-0.2, 0) is 21.4 Å². The summed E-state index contributed by atoms with van der Waals surface area (Å²) in [6, 6.07) is 34.6. The molecule has 4 rings (SSSR count). The number of primary amides is 1. The molecule has 0 heterocycles. The zero-order valence-electron chi connectivity index (χ0n) is 19.2. The highest BCUT2D eigenvalue weighted by atomic mass is 19.1. The van der Waals surface area contributed by atoms with Gasteiger partial charge in [0.2, 0.25) is 11.8 Å². The Morgan fingerprint density at radius 3 is 1.57 bits per heavy atom. The molecule has 0 aliphatic rings. The van der Waals surface area contributed by atoms with Gasteiger partial charge in [-0.3, -0.25) is 9.59 Å². The van der Waals surface area contributed by atoms with Gasteiger partial charge in [0.1, 0.15) is 11.9 Å². The molecule has 0 bridgehead atoms. The lowest BCUT2D eigenvalue weighted by molar-refractivity contribution is -0.127. The van der Waals surface area contributed by atoms with Crippen LogP contribution in [0.15, 0.2) is 115 Å². The first-order valence-corrected chi connectivity index (χ1v) is 11.5. The molecule has 0 saturated carbocycles. The van der Waals surface area contributed by atoms with Gasteiger partial charge in [-0.1, -0.05) is 109 Å². The Hall–Kier alpha value is -4.25. The van der Waals surface area contributed by atoms with Gasteiger partial charge in [0, 0.05) is 12.8 Å². The predicted molar refractivity (Wildman–Crippen MR) is 135 cm³/mol. The first-order chi connectivity index (χ1) is 17.0. The smallest absolute Gasteiger partial charge is 0.240 e. The second-order valence-corrected chi connectivity index (χ2v) is 8.50. The molecule has 0 saturated heterocycles. The number of hydrogen-bond donors (Lipinski definition) is 2. The van der Waals surface area contributed by atoms with Crippen molar-refractivity contribution in [2.75, 3.05) is 0 Å².